The largest absolute Gasteiger partial charge is 0.444 e. The minimum atomic E-state index is -0.477. The highest BCUT2D eigenvalue weighted by atomic mass is 16.6. The van der Waals surface area contributed by atoms with E-state index in [0.717, 1.165) is 24.3 Å². The van der Waals surface area contributed by atoms with Crippen molar-refractivity contribution in [3.05, 3.63) is 42.1 Å². The predicted octanol–water partition coefficient (Wildman–Crippen LogP) is 3.52. The number of carbonyl (C=O) groups excluding carboxylic acids is 1. The lowest BCUT2D eigenvalue weighted by Gasteiger charge is -2.35. The molecule has 0 aliphatic carbocycles. The third-order valence-corrected chi connectivity index (χ3v) is 4.85. The number of benzene rings is 1. The minimum absolute atomic E-state index is 0.252. The number of anilines is 1. The lowest BCUT2D eigenvalue weighted by atomic mass is 10.2. The maximum absolute atomic E-state index is 12.2. The Morgan fingerprint density at radius 1 is 1.13 bits per heavy atom. The van der Waals surface area contributed by atoms with Crippen LogP contribution in [-0.4, -0.2) is 57.6 Å². The van der Waals surface area contributed by atoms with Crippen LogP contribution in [0.1, 0.15) is 26.5 Å². The van der Waals surface area contributed by atoms with Crippen LogP contribution in [0.2, 0.25) is 0 Å². The number of carbonyl (C=O) groups is 1. The van der Waals surface area contributed by atoms with Crippen molar-refractivity contribution in [1.82, 2.24) is 19.8 Å². The van der Waals surface area contributed by atoms with Gasteiger partial charge in [-0.05, 0) is 51.1 Å². The van der Waals surface area contributed by atoms with Gasteiger partial charge in [0, 0.05) is 44.0 Å². The van der Waals surface area contributed by atoms with Crippen LogP contribution in [-0.2, 0) is 11.3 Å². The van der Waals surface area contributed by atoms with E-state index in [2.05, 4.69) is 14.9 Å². The van der Waals surface area contributed by atoms with Crippen LogP contribution in [0.15, 0.2) is 40.8 Å². The highest BCUT2D eigenvalue weighted by molar-refractivity contribution is 5.73. The molecule has 30 heavy (non-hydrogen) atoms. The van der Waals surface area contributed by atoms with Crippen LogP contribution in [0.25, 0.3) is 22.7 Å². The molecule has 8 heteroatoms. The molecular formula is C22H27N5O3. The summed E-state index contributed by atoms with van der Waals surface area (Å²) in [5, 5.41) is 0. The molecule has 8 nitrogen and oxygen atoms in total. The second kappa shape index (κ2) is 7.95. The molecular weight excluding hydrogens is 382 g/mol. The molecule has 0 unspecified atom stereocenters. The SMILES string of the molecule is CC(C)(C)OC(=O)N1CCN(Cc2ccc3oc(-c4cccc(N)c4)nc3n2)CC1. The molecule has 2 N–H and O–H groups in total. The monoisotopic (exact) mass is 409 g/mol. The lowest BCUT2D eigenvalue weighted by Crippen LogP contribution is -2.49. The first kappa shape index (κ1) is 20.2. The van der Waals surface area contributed by atoms with E-state index in [1.165, 1.54) is 0 Å². The summed E-state index contributed by atoms with van der Waals surface area (Å²) in [4.78, 5) is 25.4. The second-order valence-electron chi connectivity index (χ2n) is 8.51. The van der Waals surface area contributed by atoms with Gasteiger partial charge in [-0.1, -0.05) is 6.07 Å². The van der Waals surface area contributed by atoms with E-state index >= 15 is 0 Å². The molecule has 0 bridgehead atoms. The number of hydrogen-bond acceptors (Lipinski definition) is 7. The molecule has 0 radical (unpaired) electrons. The molecule has 3 aromatic rings. The van der Waals surface area contributed by atoms with Gasteiger partial charge in [-0.15, -0.1) is 0 Å². The molecule has 1 aliphatic rings. The molecule has 0 saturated carbocycles. The van der Waals surface area contributed by atoms with Crippen LogP contribution < -0.4 is 5.73 Å². The molecule has 2 aromatic heterocycles. The van der Waals surface area contributed by atoms with Crippen molar-refractivity contribution in [2.24, 2.45) is 0 Å². The zero-order valence-corrected chi connectivity index (χ0v) is 17.6. The summed E-state index contributed by atoms with van der Waals surface area (Å²) in [6.45, 7) is 9.15. The highest BCUT2D eigenvalue weighted by Crippen LogP contribution is 2.25. The van der Waals surface area contributed by atoms with E-state index in [0.29, 0.717) is 42.4 Å². The van der Waals surface area contributed by atoms with Gasteiger partial charge in [-0.2, -0.15) is 4.98 Å². The molecule has 3 heterocycles. The zero-order chi connectivity index (χ0) is 21.3. The molecule has 1 aromatic carbocycles. The van der Waals surface area contributed by atoms with Gasteiger partial charge in [0.1, 0.15) is 5.60 Å². The zero-order valence-electron chi connectivity index (χ0n) is 17.6. The van der Waals surface area contributed by atoms with Crippen LogP contribution in [0.5, 0.6) is 0 Å². The van der Waals surface area contributed by atoms with E-state index in [9.17, 15) is 4.79 Å². The Bertz CT molecular complexity index is 1050. The Morgan fingerprint density at radius 3 is 2.60 bits per heavy atom. The summed E-state index contributed by atoms with van der Waals surface area (Å²) < 4.78 is 11.3. The molecule has 4 rings (SSSR count). The van der Waals surface area contributed by atoms with E-state index in [-0.39, 0.29) is 6.09 Å². The number of nitrogen functional groups attached to an aromatic ring is 1. The fourth-order valence-corrected chi connectivity index (χ4v) is 3.39. The van der Waals surface area contributed by atoms with Crippen molar-refractivity contribution in [3.8, 4) is 11.5 Å². The van der Waals surface area contributed by atoms with Crippen LogP contribution in [0.4, 0.5) is 10.5 Å². The maximum atomic E-state index is 12.2. The number of pyridine rings is 1. The maximum Gasteiger partial charge on any atom is 0.410 e. The van der Waals surface area contributed by atoms with Gasteiger partial charge in [0.15, 0.2) is 11.2 Å². The van der Waals surface area contributed by atoms with Gasteiger partial charge in [-0.3, -0.25) is 4.90 Å². The average molecular weight is 409 g/mol. The second-order valence-corrected chi connectivity index (χ2v) is 8.51. The first-order chi connectivity index (χ1) is 14.3. The molecule has 1 amide bonds. The molecule has 158 valence electrons. The third kappa shape index (κ3) is 4.71. The Balaban J connectivity index is 1.40. The van der Waals surface area contributed by atoms with Crippen molar-refractivity contribution >= 4 is 23.0 Å². The number of fused-ring (bicyclic) bond motifs is 1. The number of amides is 1. The van der Waals surface area contributed by atoms with E-state index in [4.69, 9.17) is 14.9 Å². The summed E-state index contributed by atoms with van der Waals surface area (Å²) in [6.07, 6.45) is -0.252. The normalized spacial score (nSPS) is 15.5. The van der Waals surface area contributed by atoms with E-state index in [1.807, 2.05) is 57.2 Å². The van der Waals surface area contributed by atoms with Gasteiger partial charge in [-0.25, -0.2) is 9.78 Å². The van der Waals surface area contributed by atoms with Crippen molar-refractivity contribution in [3.63, 3.8) is 0 Å². The van der Waals surface area contributed by atoms with Gasteiger partial charge < -0.3 is 19.8 Å². The first-order valence-corrected chi connectivity index (χ1v) is 10.1. The molecule has 1 fully saturated rings. The van der Waals surface area contributed by atoms with Crippen molar-refractivity contribution < 1.29 is 13.9 Å². The summed E-state index contributed by atoms with van der Waals surface area (Å²) in [5.74, 6) is 0.507. The Kier molecular flexibility index (Phi) is 5.34. The molecule has 1 aliphatic heterocycles. The number of piperazine rings is 1. The number of oxazole rings is 1. The van der Waals surface area contributed by atoms with Crippen molar-refractivity contribution in [2.45, 2.75) is 32.9 Å². The van der Waals surface area contributed by atoms with Gasteiger partial charge >= 0.3 is 6.09 Å². The van der Waals surface area contributed by atoms with Crippen LogP contribution in [0.3, 0.4) is 0 Å². The molecule has 1 saturated heterocycles. The molecule has 0 spiro atoms. The quantitative estimate of drug-likeness (QED) is 0.661. The fraction of sp³-hybridized carbons (Fsp3) is 0.409. The summed E-state index contributed by atoms with van der Waals surface area (Å²) in [5.41, 5.74) is 9.01. The van der Waals surface area contributed by atoms with Crippen LogP contribution in [0, 0.1) is 0 Å². The first-order valence-electron chi connectivity index (χ1n) is 10.1. The number of hydrogen-bond donors (Lipinski definition) is 1. The van der Waals surface area contributed by atoms with Gasteiger partial charge in [0.2, 0.25) is 5.89 Å². The minimum Gasteiger partial charge on any atom is -0.444 e. The summed E-state index contributed by atoms with van der Waals surface area (Å²) in [6, 6.07) is 11.3. The van der Waals surface area contributed by atoms with E-state index < -0.39 is 5.60 Å². The average Bonchev–Trinajstić information content (AvgIpc) is 3.11. The number of ether oxygens (including phenoxy) is 1. The lowest BCUT2D eigenvalue weighted by molar-refractivity contribution is 0.0138. The number of rotatable bonds is 3. The van der Waals surface area contributed by atoms with Crippen LogP contribution >= 0.6 is 0 Å². The van der Waals surface area contributed by atoms with Crippen molar-refractivity contribution in [2.75, 3.05) is 31.9 Å². The smallest absolute Gasteiger partial charge is 0.410 e. The Morgan fingerprint density at radius 2 is 1.90 bits per heavy atom. The third-order valence-electron chi connectivity index (χ3n) is 4.85. The van der Waals surface area contributed by atoms with Gasteiger partial charge in [0.25, 0.3) is 0 Å². The van der Waals surface area contributed by atoms with Gasteiger partial charge in [0.05, 0.1) is 5.69 Å². The van der Waals surface area contributed by atoms with E-state index in [1.54, 1.807) is 4.90 Å². The summed E-state index contributed by atoms with van der Waals surface area (Å²) in [7, 11) is 0. The standard InChI is InChI=1S/C22H27N5O3/c1-22(2,3)30-21(28)27-11-9-26(10-12-27)14-17-7-8-18-19(24-17)25-20(29-18)15-5-4-6-16(23)13-15/h4-8,13H,9-12,14,23H2,1-3H3. The fourth-order valence-electron chi connectivity index (χ4n) is 3.39. The highest BCUT2D eigenvalue weighted by Gasteiger charge is 2.26. The number of nitrogens with two attached hydrogens (primary N) is 1. The summed E-state index contributed by atoms with van der Waals surface area (Å²) >= 11 is 0. The molecule has 0 atom stereocenters. The van der Waals surface area contributed by atoms with Crippen molar-refractivity contribution in [1.29, 1.82) is 0 Å². The predicted molar refractivity (Wildman–Crippen MR) is 115 cm³/mol. The topological polar surface area (TPSA) is 97.7 Å². The Hall–Kier alpha value is -3.13. The number of nitrogens with zero attached hydrogens (tertiary/aromatic N) is 4. The number of aromatic nitrogens is 2. The Labute approximate surface area is 175 Å².